The summed E-state index contributed by atoms with van der Waals surface area (Å²) in [6.07, 6.45) is 1.79. The van der Waals surface area contributed by atoms with Crippen LogP contribution in [0.1, 0.15) is 35.7 Å². The number of carbonyl (C=O) groups is 2. The zero-order valence-corrected chi connectivity index (χ0v) is 12.2. The molecule has 3 N–H and O–H groups in total. The molecule has 0 spiro atoms. The molecule has 0 bridgehead atoms. The Kier molecular flexibility index (Phi) is 4.47. The van der Waals surface area contributed by atoms with Crippen LogP contribution in [0.3, 0.4) is 0 Å². The maximum absolute atomic E-state index is 12.1. The molecule has 1 aromatic rings. The highest BCUT2D eigenvalue weighted by Gasteiger charge is 2.29. The van der Waals surface area contributed by atoms with E-state index in [1.807, 2.05) is 6.92 Å². The largest absolute Gasteiger partial charge is 0.478 e. The molecule has 0 radical (unpaired) electrons. The molecule has 1 aliphatic heterocycles. The Labute approximate surface area is 123 Å². The van der Waals surface area contributed by atoms with Crippen LogP contribution in [0.25, 0.3) is 0 Å². The van der Waals surface area contributed by atoms with Crippen molar-refractivity contribution in [1.82, 2.24) is 5.32 Å². The van der Waals surface area contributed by atoms with Gasteiger partial charge in [0, 0.05) is 12.3 Å². The molecule has 1 saturated heterocycles. The lowest BCUT2D eigenvalue weighted by atomic mass is 9.95. The first-order valence-corrected chi connectivity index (χ1v) is 6.90. The van der Waals surface area contributed by atoms with Crippen LogP contribution in [0.15, 0.2) is 18.2 Å². The van der Waals surface area contributed by atoms with Gasteiger partial charge in [-0.25, -0.2) is 9.59 Å². The Morgan fingerprint density at radius 2 is 2.14 bits per heavy atom. The Hall–Kier alpha value is -2.08. The molecule has 1 heterocycles. The molecule has 1 atom stereocenters. The predicted octanol–water partition coefficient (Wildman–Crippen LogP) is 2.38. The van der Waals surface area contributed by atoms with Crippen molar-refractivity contribution in [3.8, 4) is 0 Å². The number of nitrogens with one attached hydrogen (secondary N) is 2. The van der Waals surface area contributed by atoms with Crippen LogP contribution >= 0.6 is 0 Å². The number of hydrogen-bond acceptors (Lipinski definition) is 3. The van der Waals surface area contributed by atoms with E-state index in [0.717, 1.165) is 19.4 Å². The summed E-state index contributed by atoms with van der Waals surface area (Å²) in [5, 5.41) is 14.6. The Morgan fingerprint density at radius 3 is 2.71 bits per heavy atom. The van der Waals surface area contributed by atoms with Gasteiger partial charge in [0.25, 0.3) is 0 Å². The quantitative estimate of drug-likeness (QED) is 0.798. The van der Waals surface area contributed by atoms with Gasteiger partial charge >= 0.3 is 12.0 Å². The summed E-state index contributed by atoms with van der Waals surface area (Å²) in [6, 6.07) is 4.28. The molecular weight excluding hydrogens is 272 g/mol. The summed E-state index contributed by atoms with van der Waals surface area (Å²) < 4.78 is 5.39. The number of aryl methyl sites for hydroxylation is 1. The van der Waals surface area contributed by atoms with E-state index >= 15 is 0 Å². The third-order valence-electron chi connectivity index (χ3n) is 3.57. The van der Waals surface area contributed by atoms with Crippen molar-refractivity contribution in [2.75, 3.05) is 18.5 Å². The number of carboxylic acids is 1. The Balaban J connectivity index is 2.01. The van der Waals surface area contributed by atoms with Crippen LogP contribution in [-0.4, -0.2) is 35.9 Å². The molecule has 21 heavy (non-hydrogen) atoms. The van der Waals surface area contributed by atoms with Crippen LogP contribution in [0.2, 0.25) is 0 Å². The van der Waals surface area contributed by atoms with E-state index in [9.17, 15) is 9.59 Å². The maximum Gasteiger partial charge on any atom is 0.335 e. The van der Waals surface area contributed by atoms with Crippen LogP contribution in [-0.2, 0) is 4.74 Å². The summed E-state index contributed by atoms with van der Waals surface area (Å²) in [6.45, 7) is 4.94. The number of urea groups is 1. The molecule has 6 heteroatoms. The molecule has 2 amide bonds. The first-order chi connectivity index (χ1) is 9.89. The van der Waals surface area contributed by atoms with E-state index in [4.69, 9.17) is 9.84 Å². The second kappa shape index (κ2) is 6.13. The van der Waals surface area contributed by atoms with E-state index in [2.05, 4.69) is 10.6 Å². The first kappa shape index (κ1) is 15.3. The fourth-order valence-corrected chi connectivity index (χ4v) is 2.40. The number of hydrogen-bond donors (Lipinski definition) is 3. The van der Waals surface area contributed by atoms with Crippen molar-refractivity contribution in [2.45, 2.75) is 32.2 Å². The smallest absolute Gasteiger partial charge is 0.335 e. The van der Waals surface area contributed by atoms with E-state index in [-0.39, 0.29) is 17.1 Å². The van der Waals surface area contributed by atoms with Crippen molar-refractivity contribution in [3.05, 3.63) is 29.3 Å². The second-order valence-corrected chi connectivity index (χ2v) is 5.63. The first-order valence-electron chi connectivity index (χ1n) is 6.90. The van der Waals surface area contributed by atoms with Crippen molar-refractivity contribution in [1.29, 1.82) is 0 Å². The summed E-state index contributed by atoms with van der Waals surface area (Å²) in [5.41, 5.74) is 1.14. The van der Waals surface area contributed by atoms with E-state index in [0.29, 0.717) is 17.9 Å². The minimum atomic E-state index is -0.985. The molecule has 114 valence electrons. The van der Waals surface area contributed by atoms with Crippen LogP contribution < -0.4 is 10.6 Å². The Bertz CT molecular complexity index is 551. The monoisotopic (exact) mass is 292 g/mol. The van der Waals surface area contributed by atoms with Gasteiger partial charge < -0.3 is 20.5 Å². The summed E-state index contributed by atoms with van der Waals surface area (Å²) in [5.74, 6) is -0.985. The number of aromatic carboxylic acids is 1. The van der Waals surface area contributed by atoms with E-state index in [1.165, 1.54) is 12.1 Å². The van der Waals surface area contributed by atoms with Gasteiger partial charge in [0.1, 0.15) is 0 Å². The van der Waals surface area contributed by atoms with Crippen LogP contribution in [0.4, 0.5) is 10.5 Å². The molecule has 1 fully saturated rings. The van der Waals surface area contributed by atoms with Gasteiger partial charge in [0.05, 0.1) is 17.7 Å². The second-order valence-electron chi connectivity index (χ2n) is 5.63. The fraction of sp³-hybridized carbons (Fsp3) is 0.467. The average molecular weight is 292 g/mol. The zero-order valence-electron chi connectivity index (χ0n) is 12.2. The minimum absolute atomic E-state index is 0.200. The van der Waals surface area contributed by atoms with Crippen molar-refractivity contribution >= 4 is 17.7 Å². The highest BCUT2D eigenvalue weighted by atomic mass is 16.5. The number of ether oxygens (including phenoxy) is 1. The predicted molar refractivity (Wildman–Crippen MR) is 78.8 cm³/mol. The number of anilines is 1. The topological polar surface area (TPSA) is 87.7 Å². The van der Waals surface area contributed by atoms with Gasteiger partial charge in [-0.2, -0.15) is 0 Å². The fourth-order valence-electron chi connectivity index (χ4n) is 2.40. The number of benzene rings is 1. The average Bonchev–Trinajstić information content (AvgIpc) is 2.41. The highest BCUT2D eigenvalue weighted by Crippen LogP contribution is 2.20. The number of carboxylic acid groups (broad SMARTS) is 1. The van der Waals surface area contributed by atoms with Crippen molar-refractivity contribution < 1.29 is 19.4 Å². The van der Waals surface area contributed by atoms with Gasteiger partial charge in [-0.3, -0.25) is 0 Å². The lowest BCUT2D eigenvalue weighted by Crippen LogP contribution is -2.52. The SMILES string of the molecule is Cc1cc(C(=O)O)ccc1NC(=O)NC1(C)CCCOC1. The summed E-state index contributed by atoms with van der Waals surface area (Å²) in [4.78, 5) is 22.9. The lowest BCUT2D eigenvalue weighted by Gasteiger charge is -2.34. The molecule has 0 aromatic heterocycles. The zero-order chi connectivity index (χ0) is 15.5. The molecule has 1 aromatic carbocycles. The molecule has 2 rings (SSSR count). The molecule has 0 aliphatic carbocycles. The molecule has 0 saturated carbocycles. The van der Waals surface area contributed by atoms with Crippen LogP contribution in [0, 0.1) is 6.92 Å². The third kappa shape index (κ3) is 3.95. The standard InChI is InChI=1S/C15H20N2O4/c1-10-8-11(13(18)19)4-5-12(10)16-14(20)17-15(2)6-3-7-21-9-15/h4-5,8H,3,6-7,9H2,1-2H3,(H,18,19)(H2,16,17,20). The number of rotatable bonds is 3. The lowest BCUT2D eigenvalue weighted by molar-refractivity contribution is 0.0342. The molecule has 6 nitrogen and oxygen atoms in total. The normalized spacial score (nSPS) is 21.6. The number of carbonyl (C=O) groups excluding carboxylic acids is 1. The highest BCUT2D eigenvalue weighted by molar-refractivity contribution is 5.93. The van der Waals surface area contributed by atoms with Gasteiger partial charge in [-0.1, -0.05) is 0 Å². The van der Waals surface area contributed by atoms with Crippen molar-refractivity contribution in [3.63, 3.8) is 0 Å². The summed E-state index contributed by atoms with van der Waals surface area (Å²) >= 11 is 0. The van der Waals surface area contributed by atoms with E-state index in [1.54, 1.807) is 13.0 Å². The Morgan fingerprint density at radius 1 is 1.38 bits per heavy atom. The van der Waals surface area contributed by atoms with Gasteiger partial charge in [0.2, 0.25) is 0 Å². The molecule has 1 aliphatic rings. The van der Waals surface area contributed by atoms with Gasteiger partial charge in [-0.05, 0) is 50.5 Å². The van der Waals surface area contributed by atoms with Gasteiger partial charge in [-0.15, -0.1) is 0 Å². The van der Waals surface area contributed by atoms with Gasteiger partial charge in [0.15, 0.2) is 0 Å². The molecular formula is C15H20N2O4. The molecule has 1 unspecified atom stereocenters. The third-order valence-corrected chi connectivity index (χ3v) is 3.57. The summed E-state index contributed by atoms with van der Waals surface area (Å²) in [7, 11) is 0. The van der Waals surface area contributed by atoms with Crippen molar-refractivity contribution in [2.24, 2.45) is 0 Å². The number of amides is 2. The van der Waals surface area contributed by atoms with E-state index < -0.39 is 5.97 Å². The minimum Gasteiger partial charge on any atom is -0.478 e. The maximum atomic E-state index is 12.1. The van der Waals surface area contributed by atoms with Crippen LogP contribution in [0.5, 0.6) is 0 Å².